The SMILES string of the molecule is CCCn1cc(Cl)cc1C(=O)NCC1CCCC1O. The van der Waals surface area contributed by atoms with Crippen LogP contribution in [0.5, 0.6) is 0 Å². The first kappa shape index (κ1) is 14.4. The lowest BCUT2D eigenvalue weighted by molar-refractivity contribution is 0.0908. The van der Waals surface area contributed by atoms with Gasteiger partial charge in [0.2, 0.25) is 0 Å². The summed E-state index contributed by atoms with van der Waals surface area (Å²) in [5, 5.41) is 13.2. The summed E-state index contributed by atoms with van der Waals surface area (Å²) >= 11 is 5.95. The van der Waals surface area contributed by atoms with Crippen LogP contribution >= 0.6 is 11.6 Å². The first-order valence-electron chi connectivity index (χ1n) is 6.93. The predicted octanol–water partition coefficient (Wildman–Crippen LogP) is 2.44. The van der Waals surface area contributed by atoms with Crippen molar-refractivity contribution in [3.63, 3.8) is 0 Å². The number of rotatable bonds is 5. The summed E-state index contributed by atoms with van der Waals surface area (Å²) in [7, 11) is 0. The highest BCUT2D eigenvalue weighted by Gasteiger charge is 2.25. The number of nitrogens with one attached hydrogen (secondary N) is 1. The van der Waals surface area contributed by atoms with Crippen LogP contribution in [0, 0.1) is 5.92 Å². The van der Waals surface area contributed by atoms with Gasteiger partial charge in [0.15, 0.2) is 0 Å². The molecule has 106 valence electrons. The van der Waals surface area contributed by atoms with Crippen molar-refractivity contribution < 1.29 is 9.90 Å². The van der Waals surface area contributed by atoms with E-state index in [0.29, 0.717) is 17.3 Å². The summed E-state index contributed by atoms with van der Waals surface area (Å²) in [6, 6.07) is 1.69. The van der Waals surface area contributed by atoms with Crippen LogP contribution in [0.15, 0.2) is 12.3 Å². The van der Waals surface area contributed by atoms with E-state index in [-0.39, 0.29) is 17.9 Å². The molecule has 0 aliphatic heterocycles. The quantitative estimate of drug-likeness (QED) is 0.873. The van der Waals surface area contributed by atoms with Crippen LogP contribution in [-0.4, -0.2) is 28.2 Å². The Hall–Kier alpha value is -1.00. The second-order valence-corrected chi connectivity index (χ2v) is 5.64. The highest BCUT2D eigenvalue weighted by Crippen LogP contribution is 2.24. The Balaban J connectivity index is 1.95. The number of aliphatic hydroxyl groups excluding tert-OH is 1. The zero-order chi connectivity index (χ0) is 13.8. The lowest BCUT2D eigenvalue weighted by Gasteiger charge is -2.15. The number of aryl methyl sites for hydroxylation is 1. The Morgan fingerprint density at radius 1 is 1.58 bits per heavy atom. The van der Waals surface area contributed by atoms with Gasteiger partial charge in [-0.1, -0.05) is 24.9 Å². The molecule has 5 heteroatoms. The molecule has 1 fully saturated rings. The van der Waals surface area contributed by atoms with Crippen molar-refractivity contribution in [2.75, 3.05) is 6.54 Å². The molecule has 2 rings (SSSR count). The van der Waals surface area contributed by atoms with Gasteiger partial charge in [-0.15, -0.1) is 0 Å². The maximum absolute atomic E-state index is 12.1. The van der Waals surface area contributed by atoms with Gasteiger partial charge in [-0.05, 0) is 25.3 Å². The Morgan fingerprint density at radius 2 is 2.37 bits per heavy atom. The minimum absolute atomic E-state index is 0.112. The number of hydrogen-bond acceptors (Lipinski definition) is 2. The normalized spacial score (nSPS) is 22.7. The van der Waals surface area contributed by atoms with E-state index < -0.39 is 0 Å². The fraction of sp³-hybridized carbons (Fsp3) is 0.643. The first-order valence-corrected chi connectivity index (χ1v) is 7.31. The number of halogens is 1. The third-order valence-electron chi connectivity index (χ3n) is 3.70. The molecule has 2 N–H and O–H groups in total. The molecule has 2 atom stereocenters. The van der Waals surface area contributed by atoms with Gasteiger partial charge in [0.05, 0.1) is 11.1 Å². The fourth-order valence-corrected chi connectivity index (χ4v) is 2.88. The molecule has 1 aromatic heterocycles. The minimum Gasteiger partial charge on any atom is -0.393 e. The number of carbonyl (C=O) groups is 1. The molecule has 2 unspecified atom stereocenters. The molecular formula is C14H21ClN2O2. The highest BCUT2D eigenvalue weighted by molar-refractivity contribution is 6.31. The number of hydrogen-bond donors (Lipinski definition) is 2. The number of nitrogens with zero attached hydrogens (tertiary/aromatic N) is 1. The molecule has 1 amide bonds. The topological polar surface area (TPSA) is 54.3 Å². The van der Waals surface area contributed by atoms with E-state index in [1.54, 1.807) is 12.3 Å². The standard InChI is InChI=1S/C14H21ClN2O2/c1-2-6-17-9-11(15)7-12(17)14(19)16-8-10-4-3-5-13(10)18/h7,9-10,13,18H,2-6,8H2,1H3,(H,16,19). The zero-order valence-electron chi connectivity index (χ0n) is 11.2. The molecule has 0 aromatic carbocycles. The second-order valence-electron chi connectivity index (χ2n) is 5.21. The largest absolute Gasteiger partial charge is 0.393 e. The van der Waals surface area contributed by atoms with E-state index in [0.717, 1.165) is 32.2 Å². The summed E-state index contributed by atoms with van der Waals surface area (Å²) in [6.07, 6.45) is 5.33. The maximum atomic E-state index is 12.1. The van der Waals surface area contributed by atoms with E-state index in [1.165, 1.54) is 0 Å². The number of amides is 1. The molecule has 0 radical (unpaired) electrons. The van der Waals surface area contributed by atoms with Crippen molar-refractivity contribution in [3.05, 3.63) is 23.0 Å². The van der Waals surface area contributed by atoms with Crippen LogP contribution in [0.1, 0.15) is 43.1 Å². The van der Waals surface area contributed by atoms with Crippen molar-refractivity contribution >= 4 is 17.5 Å². The molecule has 1 heterocycles. The Morgan fingerprint density at radius 3 is 3.00 bits per heavy atom. The van der Waals surface area contributed by atoms with E-state index in [2.05, 4.69) is 12.2 Å². The summed E-state index contributed by atoms with van der Waals surface area (Å²) < 4.78 is 1.88. The van der Waals surface area contributed by atoms with Crippen molar-refractivity contribution in [2.24, 2.45) is 5.92 Å². The smallest absolute Gasteiger partial charge is 0.267 e. The molecule has 0 bridgehead atoms. The van der Waals surface area contributed by atoms with Crippen LogP contribution in [0.25, 0.3) is 0 Å². The average molecular weight is 285 g/mol. The number of aliphatic hydroxyl groups is 1. The van der Waals surface area contributed by atoms with Crippen LogP contribution < -0.4 is 5.32 Å². The summed E-state index contributed by atoms with van der Waals surface area (Å²) in [4.78, 5) is 12.1. The van der Waals surface area contributed by atoms with E-state index in [4.69, 9.17) is 11.6 Å². The molecule has 4 nitrogen and oxygen atoms in total. The molecular weight excluding hydrogens is 264 g/mol. The molecule has 1 saturated carbocycles. The van der Waals surface area contributed by atoms with E-state index in [1.807, 2.05) is 4.57 Å². The van der Waals surface area contributed by atoms with E-state index >= 15 is 0 Å². The van der Waals surface area contributed by atoms with Crippen LogP contribution in [0.4, 0.5) is 0 Å². The Labute approximate surface area is 118 Å². The summed E-state index contributed by atoms with van der Waals surface area (Å²) in [6.45, 7) is 3.38. The molecule has 1 aliphatic rings. The fourth-order valence-electron chi connectivity index (χ4n) is 2.66. The van der Waals surface area contributed by atoms with Gasteiger partial charge < -0.3 is 15.0 Å². The average Bonchev–Trinajstić information content (AvgIpc) is 2.93. The first-order chi connectivity index (χ1) is 9.11. The predicted molar refractivity (Wildman–Crippen MR) is 75.4 cm³/mol. The van der Waals surface area contributed by atoms with Gasteiger partial charge in [0.1, 0.15) is 5.69 Å². The summed E-state index contributed by atoms with van der Waals surface area (Å²) in [5.41, 5.74) is 0.597. The van der Waals surface area contributed by atoms with Crippen molar-refractivity contribution in [3.8, 4) is 0 Å². The third-order valence-corrected chi connectivity index (χ3v) is 3.91. The Bertz CT molecular complexity index is 445. The molecule has 0 spiro atoms. The molecule has 0 saturated heterocycles. The molecule has 19 heavy (non-hydrogen) atoms. The van der Waals surface area contributed by atoms with Gasteiger partial charge >= 0.3 is 0 Å². The van der Waals surface area contributed by atoms with Crippen molar-refractivity contribution in [2.45, 2.75) is 45.3 Å². The van der Waals surface area contributed by atoms with Crippen LogP contribution in [0.2, 0.25) is 5.02 Å². The van der Waals surface area contributed by atoms with Crippen LogP contribution in [-0.2, 0) is 6.54 Å². The second kappa shape index (κ2) is 6.44. The minimum atomic E-state index is -0.272. The Kier molecular flexibility index (Phi) is 4.88. The molecule has 1 aliphatic carbocycles. The number of carbonyl (C=O) groups excluding carboxylic acids is 1. The van der Waals surface area contributed by atoms with Crippen LogP contribution in [0.3, 0.4) is 0 Å². The third kappa shape index (κ3) is 3.51. The summed E-state index contributed by atoms with van der Waals surface area (Å²) in [5.74, 6) is 0.0773. The highest BCUT2D eigenvalue weighted by atomic mass is 35.5. The van der Waals surface area contributed by atoms with Gasteiger partial charge in [-0.3, -0.25) is 4.79 Å². The van der Waals surface area contributed by atoms with Gasteiger partial charge in [0, 0.05) is 25.2 Å². The van der Waals surface area contributed by atoms with Gasteiger partial charge in [0.25, 0.3) is 5.91 Å². The van der Waals surface area contributed by atoms with Gasteiger partial charge in [-0.2, -0.15) is 0 Å². The maximum Gasteiger partial charge on any atom is 0.267 e. The van der Waals surface area contributed by atoms with Crippen molar-refractivity contribution in [1.82, 2.24) is 9.88 Å². The monoisotopic (exact) mass is 284 g/mol. The zero-order valence-corrected chi connectivity index (χ0v) is 12.0. The number of aromatic nitrogens is 1. The lowest BCUT2D eigenvalue weighted by atomic mass is 10.1. The molecule has 1 aromatic rings. The lowest BCUT2D eigenvalue weighted by Crippen LogP contribution is -2.33. The van der Waals surface area contributed by atoms with E-state index in [9.17, 15) is 9.90 Å². The van der Waals surface area contributed by atoms with Gasteiger partial charge in [-0.25, -0.2) is 0 Å². The van der Waals surface area contributed by atoms with Crippen molar-refractivity contribution in [1.29, 1.82) is 0 Å².